The number of likely N-dealkylation sites (N-methyl/N-ethyl adjacent to an activating group) is 1. The van der Waals surface area contributed by atoms with Crippen LogP contribution in [0.2, 0.25) is 0 Å². The average Bonchev–Trinajstić information content (AvgIpc) is 2.80. The van der Waals surface area contributed by atoms with Gasteiger partial charge in [0.05, 0.1) is 0 Å². The molecule has 2 unspecified atom stereocenters. The van der Waals surface area contributed by atoms with E-state index in [0.29, 0.717) is 12.1 Å². The zero-order valence-electron chi connectivity index (χ0n) is 10.4. The lowest BCUT2D eigenvalue weighted by Gasteiger charge is -2.30. The first-order valence-corrected chi connectivity index (χ1v) is 6.61. The topological polar surface area (TPSA) is 15.3 Å². The maximum Gasteiger partial charge on any atom is 0.0413 e. The van der Waals surface area contributed by atoms with Gasteiger partial charge in [-0.25, -0.2) is 0 Å². The second-order valence-corrected chi connectivity index (χ2v) is 5.13. The molecule has 0 aliphatic rings. The second-order valence-electron chi connectivity index (χ2n) is 4.15. The van der Waals surface area contributed by atoms with Crippen LogP contribution in [-0.4, -0.2) is 31.1 Å². The SMILES string of the molecule is C=CCNCC(C)N(C)C(C)c1cccs1. The predicted octanol–water partition coefficient (Wildman–Crippen LogP) is 2.91. The van der Waals surface area contributed by atoms with Gasteiger partial charge in [-0.1, -0.05) is 12.1 Å². The summed E-state index contributed by atoms with van der Waals surface area (Å²) in [6, 6.07) is 5.33. The smallest absolute Gasteiger partial charge is 0.0413 e. The van der Waals surface area contributed by atoms with E-state index in [2.05, 4.69) is 55.2 Å². The van der Waals surface area contributed by atoms with Crippen LogP contribution in [0.25, 0.3) is 0 Å². The van der Waals surface area contributed by atoms with Crippen molar-refractivity contribution >= 4 is 11.3 Å². The van der Waals surface area contributed by atoms with Crippen LogP contribution in [0.1, 0.15) is 24.8 Å². The molecule has 0 spiro atoms. The number of nitrogens with zero attached hydrogens (tertiary/aromatic N) is 1. The lowest BCUT2D eigenvalue weighted by molar-refractivity contribution is 0.197. The molecule has 16 heavy (non-hydrogen) atoms. The highest BCUT2D eigenvalue weighted by Crippen LogP contribution is 2.24. The van der Waals surface area contributed by atoms with Crippen molar-refractivity contribution in [3.63, 3.8) is 0 Å². The molecular weight excluding hydrogens is 216 g/mol. The van der Waals surface area contributed by atoms with E-state index in [9.17, 15) is 0 Å². The van der Waals surface area contributed by atoms with Crippen LogP contribution in [-0.2, 0) is 0 Å². The molecule has 0 fully saturated rings. The Balaban J connectivity index is 2.43. The predicted molar refractivity (Wildman–Crippen MR) is 73.0 cm³/mol. The van der Waals surface area contributed by atoms with Crippen molar-refractivity contribution in [1.29, 1.82) is 0 Å². The van der Waals surface area contributed by atoms with Crippen molar-refractivity contribution in [2.24, 2.45) is 0 Å². The van der Waals surface area contributed by atoms with Crippen molar-refractivity contribution in [1.82, 2.24) is 10.2 Å². The molecule has 0 aliphatic carbocycles. The molecular formula is C13H22N2S. The number of nitrogens with one attached hydrogen (secondary N) is 1. The van der Waals surface area contributed by atoms with Gasteiger partial charge < -0.3 is 5.32 Å². The Hall–Kier alpha value is -0.640. The monoisotopic (exact) mass is 238 g/mol. The Kier molecular flexibility index (Phi) is 5.74. The Bertz CT molecular complexity index is 295. The summed E-state index contributed by atoms with van der Waals surface area (Å²) in [6.45, 7) is 10.1. The van der Waals surface area contributed by atoms with Gasteiger partial charge in [0.1, 0.15) is 0 Å². The minimum Gasteiger partial charge on any atom is -0.312 e. The number of hydrogen-bond donors (Lipinski definition) is 1. The first kappa shape index (κ1) is 13.4. The van der Waals surface area contributed by atoms with Gasteiger partial charge in [-0.2, -0.15) is 0 Å². The van der Waals surface area contributed by atoms with Crippen LogP contribution in [0.4, 0.5) is 0 Å². The van der Waals surface area contributed by atoms with E-state index in [-0.39, 0.29) is 0 Å². The van der Waals surface area contributed by atoms with Gasteiger partial charge in [-0.15, -0.1) is 17.9 Å². The number of thiophene rings is 1. The molecule has 0 saturated carbocycles. The normalized spacial score (nSPS) is 15.0. The Morgan fingerprint density at radius 3 is 2.88 bits per heavy atom. The van der Waals surface area contributed by atoms with Gasteiger partial charge >= 0.3 is 0 Å². The van der Waals surface area contributed by atoms with Crippen molar-refractivity contribution in [3.8, 4) is 0 Å². The highest BCUT2D eigenvalue weighted by molar-refractivity contribution is 7.10. The van der Waals surface area contributed by atoms with E-state index >= 15 is 0 Å². The highest BCUT2D eigenvalue weighted by Gasteiger charge is 2.17. The van der Waals surface area contributed by atoms with Crippen LogP contribution >= 0.6 is 11.3 Å². The fraction of sp³-hybridized carbons (Fsp3) is 0.538. The summed E-state index contributed by atoms with van der Waals surface area (Å²) in [4.78, 5) is 3.83. The minimum atomic E-state index is 0.487. The van der Waals surface area contributed by atoms with Crippen molar-refractivity contribution in [3.05, 3.63) is 35.0 Å². The third-order valence-electron chi connectivity index (χ3n) is 2.99. The summed E-state index contributed by atoms with van der Waals surface area (Å²) in [5.41, 5.74) is 0. The van der Waals surface area contributed by atoms with Gasteiger partial charge in [-0.3, -0.25) is 4.90 Å². The van der Waals surface area contributed by atoms with Crippen molar-refractivity contribution in [2.75, 3.05) is 20.1 Å². The van der Waals surface area contributed by atoms with Gasteiger partial charge in [-0.05, 0) is 32.3 Å². The fourth-order valence-corrected chi connectivity index (χ4v) is 2.48. The van der Waals surface area contributed by atoms with Gasteiger partial charge in [0.25, 0.3) is 0 Å². The molecule has 1 aromatic rings. The molecule has 90 valence electrons. The van der Waals surface area contributed by atoms with Crippen LogP contribution in [0.15, 0.2) is 30.2 Å². The highest BCUT2D eigenvalue weighted by atomic mass is 32.1. The molecule has 0 amide bonds. The molecule has 0 aliphatic heterocycles. The molecule has 0 aromatic carbocycles. The maximum absolute atomic E-state index is 3.70. The molecule has 0 saturated heterocycles. The number of rotatable bonds is 7. The van der Waals surface area contributed by atoms with Crippen LogP contribution in [0.3, 0.4) is 0 Å². The van der Waals surface area contributed by atoms with Crippen molar-refractivity contribution < 1.29 is 0 Å². The van der Waals surface area contributed by atoms with Crippen molar-refractivity contribution in [2.45, 2.75) is 25.9 Å². The molecule has 1 N–H and O–H groups in total. The molecule has 1 rings (SSSR count). The Labute approximate surface area is 103 Å². The summed E-state index contributed by atoms with van der Waals surface area (Å²) in [7, 11) is 2.19. The third kappa shape index (κ3) is 3.74. The second kappa shape index (κ2) is 6.84. The largest absolute Gasteiger partial charge is 0.312 e. The average molecular weight is 238 g/mol. The minimum absolute atomic E-state index is 0.487. The zero-order valence-corrected chi connectivity index (χ0v) is 11.3. The molecule has 3 heteroatoms. The Morgan fingerprint density at radius 2 is 2.31 bits per heavy atom. The van der Waals surface area contributed by atoms with E-state index < -0.39 is 0 Å². The van der Waals surface area contributed by atoms with Crippen LogP contribution in [0, 0.1) is 0 Å². The van der Waals surface area contributed by atoms with E-state index in [1.54, 1.807) is 0 Å². The standard InChI is InChI=1S/C13H22N2S/c1-5-8-14-10-11(2)15(4)12(3)13-7-6-9-16-13/h5-7,9,11-12,14H,1,8,10H2,2-4H3. The summed E-state index contributed by atoms with van der Waals surface area (Å²) < 4.78 is 0. The summed E-state index contributed by atoms with van der Waals surface area (Å²) in [6.07, 6.45) is 1.90. The molecule has 1 aromatic heterocycles. The lowest BCUT2D eigenvalue weighted by atomic mass is 10.2. The maximum atomic E-state index is 3.70. The molecule has 2 nitrogen and oxygen atoms in total. The molecule has 0 radical (unpaired) electrons. The third-order valence-corrected chi connectivity index (χ3v) is 4.03. The van der Waals surface area contributed by atoms with E-state index in [1.165, 1.54) is 4.88 Å². The first-order chi connectivity index (χ1) is 7.66. The summed E-state index contributed by atoms with van der Waals surface area (Å²) >= 11 is 1.83. The molecule has 1 heterocycles. The summed E-state index contributed by atoms with van der Waals surface area (Å²) in [5, 5.41) is 5.50. The zero-order chi connectivity index (χ0) is 12.0. The van der Waals surface area contributed by atoms with E-state index in [4.69, 9.17) is 0 Å². The van der Waals surface area contributed by atoms with Gasteiger partial charge in [0, 0.05) is 30.1 Å². The van der Waals surface area contributed by atoms with E-state index in [0.717, 1.165) is 13.1 Å². The fourth-order valence-electron chi connectivity index (χ4n) is 1.65. The number of hydrogen-bond acceptors (Lipinski definition) is 3. The molecule has 0 bridgehead atoms. The van der Waals surface area contributed by atoms with Gasteiger partial charge in [0.15, 0.2) is 0 Å². The quantitative estimate of drug-likeness (QED) is 0.580. The molecule has 2 atom stereocenters. The Morgan fingerprint density at radius 1 is 1.56 bits per heavy atom. The summed E-state index contributed by atoms with van der Waals surface area (Å²) in [5.74, 6) is 0. The van der Waals surface area contributed by atoms with E-state index in [1.807, 2.05) is 17.4 Å². The van der Waals surface area contributed by atoms with Crippen LogP contribution < -0.4 is 5.32 Å². The lowest BCUT2D eigenvalue weighted by Crippen LogP contribution is -2.39. The first-order valence-electron chi connectivity index (χ1n) is 5.73. The van der Waals surface area contributed by atoms with Crippen LogP contribution in [0.5, 0.6) is 0 Å². The van der Waals surface area contributed by atoms with Gasteiger partial charge in [0.2, 0.25) is 0 Å².